The molecule has 0 unspecified atom stereocenters. The van der Waals surface area contributed by atoms with E-state index in [0.29, 0.717) is 17.1 Å². The molecule has 7 nitrogen and oxygen atoms in total. The van der Waals surface area contributed by atoms with Gasteiger partial charge in [0.1, 0.15) is 11.5 Å². The van der Waals surface area contributed by atoms with E-state index in [0.717, 1.165) is 17.9 Å². The number of allylic oxidation sites excluding steroid dienone is 2. The predicted octanol–water partition coefficient (Wildman–Crippen LogP) is 3.83. The van der Waals surface area contributed by atoms with Gasteiger partial charge in [0.15, 0.2) is 0 Å². The maximum Gasteiger partial charge on any atom is 0.337 e. The molecule has 1 saturated carbocycles. The highest BCUT2D eigenvalue weighted by Crippen LogP contribution is 2.49. The molecule has 0 spiro atoms. The number of furan rings is 1. The number of halogens is 1. The number of carboxylic acid groups (broad SMARTS) is 1. The highest BCUT2D eigenvalue weighted by Gasteiger charge is 2.56. The summed E-state index contributed by atoms with van der Waals surface area (Å²) in [6, 6.07) is 7.86. The third-order valence-corrected chi connectivity index (χ3v) is 6.47. The Labute approximate surface area is 176 Å². The van der Waals surface area contributed by atoms with E-state index in [1.807, 2.05) is 0 Å². The van der Waals surface area contributed by atoms with Crippen molar-refractivity contribution in [1.82, 2.24) is 5.01 Å². The molecule has 2 aromatic rings. The SMILES string of the molecule is O=C(O)c1cc(-c2ccc(/C=N\N3C(=O)[C@@H]4[C@@H](C3=O)[C@@H]3C=C[C@@H]4CC3)o2)ccc1Cl. The molecule has 2 bridgehead atoms. The largest absolute Gasteiger partial charge is 0.478 e. The third-order valence-electron chi connectivity index (χ3n) is 6.14. The van der Waals surface area contributed by atoms with E-state index in [2.05, 4.69) is 17.3 Å². The molecule has 1 aromatic heterocycles. The molecule has 4 aliphatic rings. The van der Waals surface area contributed by atoms with E-state index >= 15 is 0 Å². The Morgan fingerprint density at radius 3 is 2.37 bits per heavy atom. The summed E-state index contributed by atoms with van der Waals surface area (Å²) in [5, 5.41) is 14.4. The van der Waals surface area contributed by atoms with Crippen LogP contribution >= 0.6 is 11.6 Å². The van der Waals surface area contributed by atoms with E-state index in [1.54, 1.807) is 18.2 Å². The van der Waals surface area contributed by atoms with Crippen molar-refractivity contribution < 1.29 is 23.9 Å². The van der Waals surface area contributed by atoms with Crippen LogP contribution in [0, 0.1) is 23.7 Å². The molecule has 6 rings (SSSR count). The van der Waals surface area contributed by atoms with Crippen molar-refractivity contribution in [1.29, 1.82) is 0 Å². The second kappa shape index (κ2) is 6.95. The van der Waals surface area contributed by atoms with Gasteiger partial charge in [-0.15, -0.1) is 0 Å². The lowest BCUT2D eigenvalue weighted by Crippen LogP contribution is -2.38. The molecule has 1 aliphatic heterocycles. The van der Waals surface area contributed by atoms with Crippen molar-refractivity contribution in [2.45, 2.75) is 12.8 Å². The zero-order valence-electron chi connectivity index (χ0n) is 15.7. The minimum Gasteiger partial charge on any atom is -0.478 e. The van der Waals surface area contributed by atoms with Crippen LogP contribution in [0.25, 0.3) is 11.3 Å². The van der Waals surface area contributed by atoms with Crippen LogP contribution in [0.4, 0.5) is 0 Å². The van der Waals surface area contributed by atoms with Crippen LogP contribution in [-0.4, -0.2) is 34.1 Å². The molecular formula is C22H17ClN2O5. The normalized spacial score (nSPS) is 27.3. The summed E-state index contributed by atoms with van der Waals surface area (Å²) in [5.41, 5.74) is 0.512. The third kappa shape index (κ3) is 2.89. The van der Waals surface area contributed by atoms with Crippen LogP contribution in [0.5, 0.6) is 0 Å². The second-order valence-corrected chi connectivity index (χ2v) is 8.18. The number of rotatable bonds is 4. The van der Waals surface area contributed by atoms with E-state index < -0.39 is 5.97 Å². The molecule has 2 fully saturated rings. The summed E-state index contributed by atoms with van der Waals surface area (Å²) in [4.78, 5) is 36.8. The number of hydrazone groups is 1. The number of carboxylic acids is 1. The smallest absolute Gasteiger partial charge is 0.337 e. The highest BCUT2D eigenvalue weighted by atomic mass is 35.5. The van der Waals surface area contributed by atoms with Gasteiger partial charge < -0.3 is 9.52 Å². The highest BCUT2D eigenvalue weighted by molar-refractivity contribution is 6.33. The van der Waals surface area contributed by atoms with Gasteiger partial charge >= 0.3 is 5.97 Å². The fourth-order valence-corrected chi connectivity index (χ4v) is 4.91. The zero-order chi connectivity index (χ0) is 21.0. The first-order chi connectivity index (χ1) is 14.4. The average molecular weight is 425 g/mol. The number of hydrogen-bond acceptors (Lipinski definition) is 5. The van der Waals surface area contributed by atoms with Crippen LogP contribution in [0.1, 0.15) is 29.0 Å². The van der Waals surface area contributed by atoms with Gasteiger partial charge in [-0.3, -0.25) is 9.59 Å². The van der Waals surface area contributed by atoms with Crippen LogP contribution in [0.3, 0.4) is 0 Å². The van der Waals surface area contributed by atoms with Crippen molar-refractivity contribution in [3.8, 4) is 11.3 Å². The Bertz CT molecular complexity index is 1100. The minimum absolute atomic E-state index is 0.0279. The molecule has 1 aromatic carbocycles. The quantitative estimate of drug-likeness (QED) is 0.456. The van der Waals surface area contributed by atoms with Gasteiger partial charge in [0, 0.05) is 5.56 Å². The van der Waals surface area contributed by atoms with Crippen LogP contribution < -0.4 is 0 Å². The van der Waals surface area contributed by atoms with Crippen molar-refractivity contribution in [3.63, 3.8) is 0 Å². The Kier molecular flexibility index (Phi) is 4.36. The molecule has 2 heterocycles. The molecule has 8 heteroatoms. The summed E-state index contributed by atoms with van der Waals surface area (Å²) in [6.07, 6.45) is 7.31. The van der Waals surface area contributed by atoms with Crippen molar-refractivity contribution in [2.24, 2.45) is 28.8 Å². The second-order valence-electron chi connectivity index (χ2n) is 7.78. The lowest BCUT2D eigenvalue weighted by atomic mass is 9.63. The van der Waals surface area contributed by atoms with Gasteiger partial charge in [-0.25, -0.2) is 4.79 Å². The summed E-state index contributed by atoms with van der Waals surface area (Å²) in [7, 11) is 0. The Balaban J connectivity index is 1.37. The Hall–Kier alpha value is -3.19. The van der Waals surface area contributed by atoms with Gasteiger partial charge in [0.25, 0.3) is 11.8 Å². The van der Waals surface area contributed by atoms with Crippen LogP contribution in [0.2, 0.25) is 5.02 Å². The number of nitrogens with zero attached hydrogens (tertiary/aromatic N) is 2. The zero-order valence-corrected chi connectivity index (χ0v) is 16.5. The number of benzene rings is 1. The van der Waals surface area contributed by atoms with Crippen molar-refractivity contribution in [2.75, 3.05) is 0 Å². The monoisotopic (exact) mass is 424 g/mol. The summed E-state index contributed by atoms with van der Waals surface area (Å²) >= 11 is 5.90. The molecule has 4 atom stereocenters. The molecule has 1 N–H and O–H groups in total. The average Bonchev–Trinajstić information content (AvgIpc) is 3.32. The number of amides is 2. The fourth-order valence-electron chi connectivity index (χ4n) is 4.71. The first kappa shape index (κ1) is 18.8. The predicted molar refractivity (Wildman–Crippen MR) is 108 cm³/mol. The van der Waals surface area contributed by atoms with Gasteiger partial charge in [0.05, 0.1) is 28.6 Å². The maximum absolute atomic E-state index is 12.8. The number of hydrogen-bond donors (Lipinski definition) is 1. The first-order valence-electron chi connectivity index (χ1n) is 9.67. The molecular weight excluding hydrogens is 408 g/mol. The molecule has 152 valence electrons. The van der Waals surface area contributed by atoms with Gasteiger partial charge in [-0.05, 0) is 55.0 Å². The summed E-state index contributed by atoms with van der Waals surface area (Å²) in [6.45, 7) is 0. The van der Waals surface area contributed by atoms with Crippen LogP contribution in [0.15, 0.2) is 52.0 Å². The molecule has 1 saturated heterocycles. The molecule has 0 radical (unpaired) electrons. The maximum atomic E-state index is 12.8. The molecule has 2 amide bonds. The number of carbonyl (C=O) groups is 3. The van der Waals surface area contributed by atoms with Gasteiger partial charge in [-0.1, -0.05) is 23.8 Å². The van der Waals surface area contributed by atoms with E-state index in [4.69, 9.17) is 16.0 Å². The van der Waals surface area contributed by atoms with Gasteiger partial charge in [-0.2, -0.15) is 10.1 Å². The standard InChI is InChI=1S/C22H17ClN2O5/c23-16-7-5-13(9-15(16)22(28)29)17-8-6-14(30-17)10-24-25-20(26)18-11-1-2-12(4-3-11)19(18)21(25)27/h1-2,5-12,18-19H,3-4H2,(H,28,29)/b24-10-/t11-,12-,18+,19+/m1/s1. The molecule has 3 aliphatic carbocycles. The lowest BCUT2D eigenvalue weighted by Gasteiger charge is -2.37. The van der Waals surface area contributed by atoms with E-state index in [-0.39, 0.29) is 46.1 Å². The molecule has 30 heavy (non-hydrogen) atoms. The number of aromatic carboxylic acids is 1. The van der Waals surface area contributed by atoms with Crippen molar-refractivity contribution in [3.05, 3.63) is 58.8 Å². The Morgan fingerprint density at radius 2 is 1.77 bits per heavy atom. The van der Waals surface area contributed by atoms with E-state index in [9.17, 15) is 19.5 Å². The number of imide groups is 1. The first-order valence-corrected chi connectivity index (χ1v) is 10.0. The summed E-state index contributed by atoms with van der Waals surface area (Å²) < 4.78 is 5.70. The minimum atomic E-state index is -1.13. The van der Waals surface area contributed by atoms with Crippen LogP contribution in [-0.2, 0) is 9.59 Å². The number of fused-ring (bicyclic) bond motifs is 1. The topological polar surface area (TPSA) is 100 Å². The summed E-state index contributed by atoms with van der Waals surface area (Å²) in [5.74, 6) is -1.28. The van der Waals surface area contributed by atoms with Gasteiger partial charge in [0.2, 0.25) is 0 Å². The van der Waals surface area contributed by atoms with Crippen molar-refractivity contribution >= 4 is 35.6 Å². The van der Waals surface area contributed by atoms with E-state index in [1.165, 1.54) is 18.3 Å². The Morgan fingerprint density at radius 1 is 1.10 bits per heavy atom. The lowest BCUT2D eigenvalue weighted by molar-refractivity contribution is -0.140. The number of carbonyl (C=O) groups excluding carboxylic acids is 2. The fraction of sp³-hybridized carbons (Fsp3) is 0.273.